The number of amides is 1. The van der Waals surface area contributed by atoms with E-state index in [1.165, 1.54) is 17.5 Å². The molecule has 0 aliphatic heterocycles. The summed E-state index contributed by atoms with van der Waals surface area (Å²) >= 11 is 0. The van der Waals surface area contributed by atoms with E-state index in [9.17, 15) is 14.7 Å². The van der Waals surface area contributed by atoms with Crippen LogP contribution >= 0.6 is 0 Å². The monoisotopic (exact) mass is 339 g/mol. The van der Waals surface area contributed by atoms with Gasteiger partial charge in [0, 0.05) is 0 Å². The first kappa shape index (κ1) is 17.0. The number of hydrogen-bond acceptors (Lipinski definition) is 3. The normalized spacial score (nSPS) is 14.2. The third-order valence-corrected chi connectivity index (χ3v) is 4.43. The molecule has 0 radical (unpaired) electrons. The molecule has 2 aromatic carbocycles. The van der Waals surface area contributed by atoms with Crippen LogP contribution < -0.4 is 5.32 Å². The van der Waals surface area contributed by atoms with Crippen LogP contribution in [0.25, 0.3) is 0 Å². The predicted octanol–water partition coefficient (Wildman–Crippen LogP) is 3.62. The van der Waals surface area contributed by atoms with Crippen molar-refractivity contribution in [3.63, 3.8) is 0 Å². The number of rotatable bonds is 5. The molecule has 1 unspecified atom stereocenters. The predicted molar refractivity (Wildman–Crippen MR) is 93.2 cm³/mol. The number of ether oxygens (including phenoxy) is 1. The third kappa shape index (κ3) is 4.38. The Hall–Kier alpha value is -2.82. The number of carbonyl (C=O) groups is 2. The van der Waals surface area contributed by atoms with Crippen LogP contribution in [-0.2, 0) is 29.0 Å². The highest BCUT2D eigenvalue weighted by Crippen LogP contribution is 2.25. The summed E-state index contributed by atoms with van der Waals surface area (Å²) in [7, 11) is 0. The van der Waals surface area contributed by atoms with E-state index in [4.69, 9.17) is 4.74 Å². The third-order valence-electron chi connectivity index (χ3n) is 4.43. The number of hydrogen-bond donors (Lipinski definition) is 2. The lowest BCUT2D eigenvalue weighted by Gasteiger charge is -2.20. The molecule has 5 nitrogen and oxygen atoms in total. The maximum absolute atomic E-state index is 12.0. The van der Waals surface area contributed by atoms with Gasteiger partial charge in [0.25, 0.3) is 0 Å². The molecule has 1 atom stereocenters. The van der Waals surface area contributed by atoms with Gasteiger partial charge in [-0.05, 0) is 47.9 Å². The number of fused-ring (bicyclic) bond motifs is 1. The lowest BCUT2D eigenvalue weighted by Crippen LogP contribution is -2.34. The Morgan fingerprint density at radius 3 is 2.48 bits per heavy atom. The molecule has 5 heteroatoms. The molecule has 2 N–H and O–H groups in total. The van der Waals surface area contributed by atoms with Gasteiger partial charge in [-0.1, -0.05) is 48.5 Å². The van der Waals surface area contributed by atoms with Crippen LogP contribution in [0, 0.1) is 0 Å². The molecule has 0 heterocycles. The number of carboxylic acids is 1. The molecular formula is C20H21NO4. The molecule has 0 fully saturated rings. The average molecular weight is 339 g/mol. The van der Waals surface area contributed by atoms with Gasteiger partial charge < -0.3 is 15.2 Å². The molecule has 1 aliphatic carbocycles. The van der Waals surface area contributed by atoms with E-state index in [2.05, 4.69) is 5.32 Å². The topological polar surface area (TPSA) is 75.6 Å². The number of alkyl carbamates (subject to hydrolysis) is 1. The largest absolute Gasteiger partial charge is 0.479 e. The minimum atomic E-state index is -1.12. The highest BCUT2D eigenvalue weighted by Gasteiger charge is 2.24. The summed E-state index contributed by atoms with van der Waals surface area (Å²) in [6.45, 7) is 0.100. The van der Waals surface area contributed by atoms with Crippen LogP contribution in [0.3, 0.4) is 0 Å². The standard InChI is InChI=1S/C20H21NO4/c22-19(23)18(17-11-10-15-8-4-5-9-16(15)12-17)21-20(24)25-13-14-6-2-1-3-7-14/h1-3,6-7,10-12,18H,4-5,8-9,13H2,(H,21,24)(H,22,23). The Morgan fingerprint density at radius 2 is 1.76 bits per heavy atom. The van der Waals surface area contributed by atoms with Crippen LogP contribution in [0.15, 0.2) is 48.5 Å². The zero-order valence-electron chi connectivity index (χ0n) is 13.9. The van der Waals surface area contributed by atoms with Crippen LogP contribution in [0.2, 0.25) is 0 Å². The smallest absolute Gasteiger partial charge is 0.408 e. The molecule has 0 saturated carbocycles. The Bertz CT molecular complexity index is 758. The highest BCUT2D eigenvalue weighted by atomic mass is 16.5. The molecule has 0 saturated heterocycles. The molecular weight excluding hydrogens is 318 g/mol. The summed E-state index contributed by atoms with van der Waals surface area (Å²) in [4.78, 5) is 23.6. The molecule has 0 bridgehead atoms. The fourth-order valence-corrected chi connectivity index (χ4v) is 3.10. The first-order valence-electron chi connectivity index (χ1n) is 8.45. The molecule has 1 amide bonds. The summed E-state index contributed by atoms with van der Waals surface area (Å²) < 4.78 is 5.13. The fourth-order valence-electron chi connectivity index (χ4n) is 3.10. The van der Waals surface area contributed by atoms with E-state index in [1.54, 1.807) is 6.07 Å². The Balaban J connectivity index is 1.67. The second-order valence-corrected chi connectivity index (χ2v) is 6.21. The van der Waals surface area contributed by atoms with Gasteiger partial charge >= 0.3 is 12.1 Å². The van der Waals surface area contributed by atoms with Crippen LogP contribution in [0.4, 0.5) is 4.79 Å². The van der Waals surface area contributed by atoms with Crippen molar-refractivity contribution in [2.24, 2.45) is 0 Å². The van der Waals surface area contributed by atoms with Gasteiger partial charge in [0.05, 0.1) is 0 Å². The van der Waals surface area contributed by atoms with Crippen molar-refractivity contribution >= 4 is 12.1 Å². The number of aliphatic carboxylic acids is 1. The first-order chi connectivity index (χ1) is 12.1. The number of benzene rings is 2. The second kappa shape index (κ2) is 7.83. The van der Waals surface area contributed by atoms with E-state index in [0.717, 1.165) is 24.8 Å². The highest BCUT2D eigenvalue weighted by molar-refractivity contribution is 5.81. The molecule has 1 aliphatic rings. The van der Waals surface area contributed by atoms with Gasteiger partial charge in [0.2, 0.25) is 0 Å². The van der Waals surface area contributed by atoms with E-state index < -0.39 is 18.1 Å². The van der Waals surface area contributed by atoms with Gasteiger partial charge in [-0.2, -0.15) is 0 Å². The van der Waals surface area contributed by atoms with Crippen molar-refractivity contribution in [2.75, 3.05) is 0 Å². The Kier molecular flexibility index (Phi) is 5.33. The van der Waals surface area contributed by atoms with E-state index in [1.807, 2.05) is 42.5 Å². The van der Waals surface area contributed by atoms with Gasteiger partial charge in [0.15, 0.2) is 6.04 Å². The van der Waals surface area contributed by atoms with Crippen molar-refractivity contribution in [1.82, 2.24) is 5.32 Å². The minimum absolute atomic E-state index is 0.100. The van der Waals surface area contributed by atoms with E-state index >= 15 is 0 Å². The minimum Gasteiger partial charge on any atom is -0.479 e. The van der Waals surface area contributed by atoms with Gasteiger partial charge in [-0.3, -0.25) is 0 Å². The molecule has 0 aromatic heterocycles. The lowest BCUT2D eigenvalue weighted by molar-refractivity contribution is -0.139. The molecule has 25 heavy (non-hydrogen) atoms. The maximum Gasteiger partial charge on any atom is 0.408 e. The number of carboxylic acid groups (broad SMARTS) is 1. The average Bonchev–Trinajstić information content (AvgIpc) is 2.64. The Labute approximate surface area is 146 Å². The van der Waals surface area contributed by atoms with Crippen molar-refractivity contribution < 1.29 is 19.4 Å². The van der Waals surface area contributed by atoms with Crippen molar-refractivity contribution in [2.45, 2.75) is 38.3 Å². The second-order valence-electron chi connectivity index (χ2n) is 6.21. The number of carbonyl (C=O) groups excluding carboxylic acids is 1. The SMILES string of the molecule is O=C(NC(C(=O)O)c1ccc2c(c1)CCCC2)OCc1ccccc1. The van der Waals surface area contributed by atoms with Gasteiger partial charge in [-0.25, -0.2) is 9.59 Å². The van der Waals surface area contributed by atoms with Crippen molar-refractivity contribution in [1.29, 1.82) is 0 Å². The molecule has 130 valence electrons. The summed E-state index contributed by atoms with van der Waals surface area (Å²) in [6.07, 6.45) is 3.52. The quantitative estimate of drug-likeness (QED) is 0.872. The zero-order chi connectivity index (χ0) is 17.6. The summed E-state index contributed by atoms with van der Waals surface area (Å²) in [5, 5.41) is 11.9. The van der Waals surface area contributed by atoms with Gasteiger partial charge in [0.1, 0.15) is 6.61 Å². The first-order valence-corrected chi connectivity index (χ1v) is 8.45. The number of nitrogens with one attached hydrogen (secondary N) is 1. The lowest BCUT2D eigenvalue weighted by atomic mass is 9.89. The molecule has 0 spiro atoms. The van der Waals surface area contributed by atoms with Crippen LogP contribution in [0.5, 0.6) is 0 Å². The maximum atomic E-state index is 12.0. The van der Waals surface area contributed by atoms with Gasteiger partial charge in [-0.15, -0.1) is 0 Å². The molecule has 3 rings (SSSR count). The van der Waals surface area contributed by atoms with E-state index in [0.29, 0.717) is 5.56 Å². The van der Waals surface area contributed by atoms with Crippen molar-refractivity contribution in [3.8, 4) is 0 Å². The zero-order valence-corrected chi connectivity index (χ0v) is 13.9. The summed E-state index contributed by atoms with van der Waals surface area (Å²) in [6, 6.07) is 13.8. The fraction of sp³-hybridized carbons (Fsp3) is 0.300. The number of aryl methyl sites for hydroxylation is 2. The van der Waals surface area contributed by atoms with Crippen LogP contribution in [0.1, 0.15) is 41.1 Å². The summed E-state index contributed by atoms with van der Waals surface area (Å²) in [5.74, 6) is -1.10. The van der Waals surface area contributed by atoms with Crippen LogP contribution in [-0.4, -0.2) is 17.2 Å². The van der Waals surface area contributed by atoms with E-state index in [-0.39, 0.29) is 6.61 Å². The summed E-state index contributed by atoms with van der Waals surface area (Å²) in [5.41, 5.74) is 3.86. The van der Waals surface area contributed by atoms with Crippen molar-refractivity contribution in [3.05, 3.63) is 70.8 Å². The molecule has 2 aromatic rings. The Morgan fingerprint density at radius 1 is 1.04 bits per heavy atom.